The van der Waals surface area contributed by atoms with E-state index < -0.39 is 0 Å². The van der Waals surface area contributed by atoms with Gasteiger partial charge in [0, 0.05) is 22.3 Å². The summed E-state index contributed by atoms with van der Waals surface area (Å²) in [5.41, 5.74) is 5.36. The van der Waals surface area contributed by atoms with E-state index in [1.165, 1.54) is 0 Å². The number of fused-ring (bicyclic) bond motifs is 1. The molecule has 6 nitrogen and oxygen atoms in total. The van der Waals surface area contributed by atoms with Crippen LogP contribution in [0.3, 0.4) is 0 Å². The highest BCUT2D eigenvalue weighted by molar-refractivity contribution is 9.10. The van der Waals surface area contributed by atoms with Crippen molar-refractivity contribution in [3.63, 3.8) is 0 Å². The molecule has 0 amide bonds. The number of aryl methyl sites for hydroxylation is 1. The van der Waals surface area contributed by atoms with Crippen molar-refractivity contribution >= 4 is 21.6 Å². The molecule has 4 rings (SSSR count). The van der Waals surface area contributed by atoms with Crippen molar-refractivity contribution in [2.75, 3.05) is 35.0 Å². The number of aliphatic imine (C=N–C) groups is 1. The molecule has 35 heavy (non-hydrogen) atoms. The van der Waals surface area contributed by atoms with E-state index >= 15 is 0 Å². The van der Waals surface area contributed by atoms with E-state index in [-0.39, 0.29) is 0 Å². The quantitative estimate of drug-likeness (QED) is 0.314. The Morgan fingerprint density at radius 1 is 0.800 bits per heavy atom. The summed E-state index contributed by atoms with van der Waals surface area (Å²) < 4.78 is 29.7. The summed E-state index contributed by atoms with van der Waals surface area (Å²) >= 11 is 3.67. The van der Waals surface area contributed by atoms with Crippen LogP contribution < -0.4 is 23.7 Å². The van der Waals surface area contributed by atoms with Crippen LogP contribution in [-0.4, -0.2) is 40.7 Å². The fraction of sp³-hybridized carbons (Fsp3) is 0.321. The minimum Gasteiger partial charge on any atom is -0.493 e. The number of halogens is 1. The van der Waals surface area contributed by atoms with Crippen molar-refractivity contribution in [1.29, 1.82) is 0 Å². The fourth-order valence-electron chi connectivity index (χ4n) is 4.35. The lowest BCUT2D eigenvalue weighted by molar-refractivity contribution is 0.275. The first kappa shape index (κ1) is 24.9. The van der Waals surface area contributed by atoms with Gasteiger partial charge in [-0.15, -0.1) is 0 Å². The third kappa shape index (κ3) is 5.40. The van der Waals surface area contributed by atoms with Crippen LogP contribution in [0.2, 0.25) is 0 Å². The summed E-state index contributed by atoms with van der Waals surface area (Å²) in [4.78, 5) is 4.87. The molecular formula is C28H30BrNO5. The number of rotatable bonds is 10. The summed E-state index contributed by atoms with van der Waals surface area (Å²) in [7, 11) is 6.58. The van der Waals surface area contributed by atoms with Crippen LogP contribution in [0.5, 0.6) is 28.7 Å². The van der Waals surface area contributed by atoms with Gasteiger partial charge in [-0.25, -0.2) is 0 Å². The van der Waals surface area contributed by atoms with E-state index in [0.717, 1.165) is 58.2 Å². The van der Waals surface area contributed by atoms with Gasteiger partial charge in [0.25, 0.3) is 0 Å². The van der Waals surface area contributed by atoms with Crippen molar-refractivity contribution < 1.29 is 23.7 Å². The molecule has 0 fully saturated rings. The zero-order valence-electron chi connectivity index (χ0n) is 20.5. The Balaban J connectivity index is 1.62. The van der Waals surface area contributed by atoms with Crippen molar-refractivity contribution in [2.45, 2.75) is 25.9 Å². The van der Waals surface area contributed by atoms with Gasteiger partial charge in [-0.1, -0.05) is 46.3 Å². The molecule has 0 atom stereocenters. The van der Waals surface area contributed by atoms with Crippen LogP contribution >= 0.6 is 15.9 Å². The SMILES string of the molecule is COc1cc(Br)c(CCC2=NCCc3cc(OCc4ccccc4)c(OC)c(OC)c32)cc1OC. The van der Waals surface area contributed by atoms with E-state index in [9.17, 15) is 0 Å². The molecule has 0 aromatic heterocycles. The van der Waals surface area contributed by atoms with Crippen LogP contribution in [0.25, 0.3) is 0 Å². The van der Waals surface area contributed by atoms with E-state index in [4.69, 9.17) is 28.7 Å². The van der Waals surface area contributed by atoms with E-state index in [0.29, 0.717) is 35.4 Å². The summed E-state index contributed by atoms with van der Waals surface area (Å²) in [6.07, 6.45) is 2.34. The first-order chi connectivity index (χ1) is 17.1. The first-order valence-electron chi connectivity index (χ1n) is 11.5. The van der Waals surface area contributed by atoms with Gasteiger partial charge in [-0.2, -0.15) is 0 Å². The van der Waals surface area contributed by atoms with Crippen molar-refractivity contribution in [2.24, 2.45) is 4.99 Å². The molecule has 0 bridgehead atoms. The lowest BCUT2D eigenvalue weighted by atomic mass is 9.92. The topological polar surface area (TPSA) is 58.5 Å². The summed E-state index contributed by atoms with van der Waals surface area (Å²) in [5, 5.41) is 0. The third-order valence-corrected chi connectivity index (χ3v) is 6.82. The lowest BCUT2D eigenvalue weighted by Crippen LogP contribution is -2.16. The molecule has 0 radical (unpaired) electrons. The van der Waals surface area contributed by atoms with Crippen LogP contribution in [0.15, 0.2) is 58.0 Å². The van der Waals surface area contributed by atoms with Crippen LogP contribution in [-0.2, 0) is 19.4 Å². The van der Waals surface area contributed by atoms with E-state index in [1.807, 2.05) is 42.5 Å². The Hall–Kier alpha value is -3.19. The van der Waals surface area contributed by atoms with E-state index in [1.54, 1.807) is 28.4 Å². The van der Waals surface area contributed by atoms with Gasteiger partial charge in [-0.3, -0.25) is 4.99 Å². The van der Waals surface area contributed by atoms with Gasteiger partial charge in [0.1, 0.15) is 6.61 Å². The largest absolute Gasteiger partial charge is 0.493 e. The predicted octanol–water partition coefficient (Wildman–Crippen LogP) is 6.04. The average Bonchev–Trinajstić information content (AvgIpc) is 2.90. The minimum atomic E-state index is 0.452. The molecule has 0 saturated carbocycles. The van der Waals surface area contributed by atoms with Gasteiger partial charge in [0.05, 0.1) is 28.4 Å². The lowest BCUT2D eigenvalue weighted by Gasteiger charge is -2.24. The molecule has 0 spiro atoms. The molecule has 0 unspecified atom stereocenters. The number of methoxy groups -OCH3 is 4. The number of benzene rings is 3. The Labute approximate surface area is 215 Å². The Kier molecular flexibility index (Phi) is 8.18. The maximum Gasteiger partial charge on any atom is 0.204 e. The molecule has 1 aliphatic rings. The zero-order valence-corrected chi connectivity index (χ0v) is 22.1. The Morgan fingerprint density at radius 3 is 2.20 bits per heavy atom. The molecule has 3 aromatic carbocycles. The second kappa shape index (κ2) is 11.5. The molecule has 1 heterocycles. The number of hydrogen-bond donors (Lipinski definition) is 0. The molecule has 0 saturated heterocycles. The summed E-state index contributed by atoms with van der Waals surface area (Å²) in [6, 6.07) is 16.1. The van der Waals surface area contributed by atoms with Gasteiger partial charge in [-0.05, 0) is 54.2 Å². The fourth-order valence-corrected chi connectivity index (χ4v) is 4.87. The molecule has 7 heteroatoms. The Morgan fingerprint density at radius 2 is 1.51 bits per heavy atom. The highest BCUT2D eigenvalue weighted by Gasteiger charge is 2.26. The average molecular weight is 540 g/mol. The second-order valence-corrected chi connectivity index (χ2v) is 8.98. The molecule has 1 aliphatic heterocycles. The highest BCUT2D eigenvalue weighted by atomic mass is 79.9. The third-order valence-electron chi connectivity index (χ3n) is 6.09. The molecule has 184 valence electrons. The van der Waals surface area contributed by atoms with Crippen molar-refractivity contribution in [3.05, 3.63) is 75.3 Å². The molecule has 0 aliphatic carbocycles. The monoisotopic (exact) mass is 539 g/mol. The number of nitrogens with zero attached hydrogens (tertiary/aromatic N) is 1. The van der Waals surface area contributed by atoms with Gasteiger partial charge in [0.2, 0.25) is 5.75 Å². The Bertz CT molecular complexity index is 1210. The predicted molar refractivity (Wildman–Crippen MR) is 141 cm³/mol. The highest BCUT2D eigenvalue weighted by Crippen LogP contribution is 2.44. The normalized spacial score (nSPS) is 12.4. The molecule has 0 N–H and O–H groups in total. The minimum absolute atomic E-state index is 0.452. The molecule has 3 aromatic rings. The second-order valence-electron chi connectivity index (χ2n) is 8.13. The van der Waals surface area contributed by atoms with Crippen LogP contribution in [0.4, 0.5) is 0 Å². The van der Waals surface area contributed by atoms with Crippen molar-refractivity contribution in [3.8, 4) is 28.7 Å². The van der Waals surface area contributed by atoms with E-state index in [2.05, 4.69) is 22.0 Å². The van der Waals surface area contributed by atoms with Crippen LogP contribution in [0, 0.1) is 0 Å². The van der Waals surface area contributed by atoms with Crippen molar-refractivity contribution in [1.82, 2.24) is 0 Å². The maximum absolute atomic E-state index is 6.17. The van der Waals surface area contributed by atoms with Gasteiger partial charge >= 0.3 is 0 Å². The smallest absolute Gasteiger partial charge is 0.204 e. The maximum atomic E-state index is 6.17. The zero-order chi connectivity index (χ0) is 24.8. The first-order valence-corrected chi connectivity index (χ1v) is 12.3. The number of ether oxygens (including phenoxy) is 5. The standard InChI is InChI=1S/C28H30BrNO5/c1-31-23-14-19(21(29)16-24(23)32-2)10-11-22-26-20(12-13-30-22)15-25(27(33-3)28(26)34-4)35-17-18-8-6-5-7-9-18/h5-9,14-16H,10-13,17H2,1-4H3. The number of hydrogen-bond acceptors (Lipinski definition) is 6. The summed E-state index contributed by atoms with van der Waals surface area (Å²) in [6.45, 7) is 1.18. The van der Waals surface area contributed by atoms with Gasteiger partial charge in [0.15, 0.2) is 23.0 Å². The van der Waals surface area contributed by atoms with Crippen LogP contribution in [0.1, 0.15) is 28.7 Å². The summed E-state index contributed by atoms with van der Waals surface area (Å²) in [5.74, 6) is 3.33. The molecular weight excluding hydrogens is 510 g/mol. The van der Waals surface area contributed by atoms with Gasteiger partial charge < -0.3 is 23.7 Å².